The van der Waals surface area contributed by atoms with Crippen LogP contribution in [0.1, 0.15) is 44.2 Å². The Morgan fingerprint density at radius 1 is 1.00 bits per heavy atom. The highest BCUT2D eigenvalue weighted by Crippen LogP contribution is 2.24. The van der Waals surface area contributed by atoms with Crippen molar-refractivity contribution in [3.8, 4) is 0 Å². The summed E-state index contributed by atoms with van der Waals surface area (Å²) < 4.78 is 0. The zero-order valence-corrected chi connectivity index (χ0v) is 18.4. The first-order valence-electron chi connectivity index (χ1n) is 11.4. The predicted molar refractivity (Wildman–Crippen MR) is 127 cm³/mol. The number of allylic oxidation sites excluding steroid dienone is 1. The van der Waals surface area contributed by atoms with Crippen LogP contribution in [0.2, 0.25) is 0 Å². The molecular formula is C26H34N4. The Kier molecular flexibility index (Phi) is 6.96. The number of hydrogen-bond donors (Lipinski definition) is 0. The van der Waals surface area contributed by atoms with Crippen LogP contribution in [0.5, 0.6) is 0 Å². The van der Waals surface area contributed by atoms with Gasteiger partial charge in [0.15, 0.2) is 0 Å². The van der Waals surface area contributed by atoms with Crippen molar-refractivity contribution in [2.24, 2.45) is 10.9 Å². The quantitative estimate of drug-likeness (QED) is 0.712. The van der Waals surface area contributed by atoms with Crippen molar-refractivity contribution >= 4 is 17.5 Å². The zero-order valence-electron chi connectivity index (χ0n) is 18.4. The molecular weight excluding hydrogens is 368 g/mol. The van der Waals surface area contributed by atoms with Gasteiger partial charge in [0, 0.05) is 56.4 Å². The molecule has 2 aliphatic rings. The summed E-state index contributed by atoms with van der Waals surface area (Å²) in [4.78, 5) is 14.2. The molecule has 0 spiro atoms. The minimum atomic E-state index is 0.740. The Hall–Kier alpha value is -2.46. The Bertz CT molecular complexity index is 868. The van der Waals surface area contributed by atoms with Gasteiger partial charge in [0.2, 0.25) is 0 Å². The smallest absolute Gasteiger partial charge is 0.0694 e. The second-order valence-corrected chi connectivity index (χ2v) is 8.87. The first-order valence-corrected chi connectivity index (χ1v) is 11.4. The van der Waals surface area contributed by atoms with Crippen LogP contribution in [0.3, 0.4) is 0 Å². The van der Waals surface area contributed by atoms with E-state index in [0.717, 1.165) is 56.2 Å². The van der Waals surface area contributed by atoms with Gasteiger partial charge >= 0.3 is 0 Å². The van der Waals surface area contributed by atoms with Gasteiger partial charge in [-0.15, -0.1) is 0 Å². The second-order valence-electron chi connectivity index (χ2n) is 8.87. The third-order valence-electron chi connectivity index (χ3n) is 5.92. The second kappa shape index (κ2) is 10.0. The van der Waals surface area contributed by atoms with E-state index in [1.54, 1.807) is 0 Å². The van der Waals surface area contributed by atoms with Crippen molar-refractivity contribution in [3.05, 3.63) is 65.5 Å². The monoisotopic (exact) mass is 402 g/mol. The molecule has 0 atom stereocenters. The maximum Gasteiger partial charge on any atom is 0.0694 e. The molecule has 4 rings (SSSR count). The van der Waals surface area contributed by atoms with Gasteiger partial charge in [-0.2, -0.15) is 0 Å². The molecule has 0 aliphatic carbocycles. The largest absolute Gasteiger partial charge is 0.370 e. The van der Waals surface area contributed by atoms with Gasteiger partial charge in [-0.3, -0.25) is 9.98 Å². The summed E-state index contributed by atoms with van der Waals surface area (Å²) in [5.74, 6) is 0.740. The molecule has 1 fully saturated rings. The summed E-state index contributed by atoms with van der Waals surface area (Å²) in [6.07, 6.45) is 9.48. The summed E-state index contributed by atoms with van der Waals surface area (Å²) >= 11 is 0. The summed E-state index contributed by atoms with van der Waals surface area (Å²) in [5.41, 5.74) is 6.14. The highest BCUT2D eigenvalue weighted by atomic mass is 15.2. The third kappa shape index (κ3) is 5.37. The van der Waals surface area contributed by atoms with Crippen LogP contribution in [0.4, 0.5) is 5.69 Å². The van der Waals surface area contributed by atoms with Gasteiger partial charge in [0.25, 0.3) is 0 Å². The fourth-order valence-corrected chi connectivity index (χ4v) is 4.51. The van der Waals surface area contributed by atoms with Gasteiger partial charge in [0.05, 0.1) is 5.71 Å². The minimum absolute atomic E-state index is 0.740. The normalized spacial score (nSPS) is 19.8. The molecule has 4 nitrogen and oxygen atoms in total. The van der Waals surface area contributed by atoms with E-state index in [9.17, 15) is 0 Å². The molecule has 1 saturated heterocycles. The molecule has 2 aliphatic heterocycles. The number of benzene rings is 1. The fourth-order valence-electron chi connectivity index (χ4n) is 4.51. The Labute approximate surface area is 181 Å². The molecule has 30 heavy (non-hydrogen) atoms. The lowest BCUT2D eigenvalue weighted by molar-refractivity contribution is 0.261. The molecule has 4 heteroatoms. The van der Waals surface area contributed by atoms with E-state index in [0.29, 0.717) is 0 Å². The SMILES string of the molecule is CC(C)CN1CCCN(c2ccc(/C=C3\CCCN=C3c3cccnc3)cc2)CC1. The first kappa shape index (κ1) is 20.8. The van der Waals surface area contributed by atoms with E-state index < -0.39 is 0 Å². The number of rotatable bonds is 5. The van der Waals surface area contributed by atoms with E-state index in [1.165, 1.54) is 36.3 Å². The predicted octanol–water partition coefficient (Wildman–Crippen LogP) is 4.92. The van der Waals surface area contributed by atoms with Crippen LogP contribution in [0, 0.1) is 5.92 Å². The van der Waals surface area contributed by atoms with Crippen molar-refractivity contribution in [2.45, 2.75) is 33.1 Å². The Balaban J connectivity index is 1.46. The number of aliphatic imine (C=N–C) groups is 1. The number of hydrogen-bond acceptors (Lipinski definition) is 4. The van der Waals surface area contributed by atoms with Gasteiger partial charge < -0.3 is 9.80 Å². The fraction of sp³-hybridized carbons (Fsp3) is 0.462. The van der Waals surface area contributed by atoms with Gasteiger partial charge in [-0.05, 0) is 73.2 Å². The number of aromatic nitrogens is 1. The van der Waals surface area contributed by atoms with Gasteiger partial charge in [0.1, 0.15) is 0 Å². The highest BCUT2D eigenvalue weighted by Gasteiger charge is 2.17. The summed E-state index contributed by atoms with van der Waals surface area (Å²) in [6.45, 7) is 11.4. The van der Waals surface area contributed by atoms with Crippen molar-refractivity contribution in [2.75, 3.05) is 44.2 Å². The molecule has 158 valence electrons. The van der Waals surface area contributed by atoms with Crippen molar-refractivity contribution < 1.29 is 0 Å². The van der Waals surface area contributed by atoms with Crippen molar-refractivity contribution in [1.29, 1.82) is 0 Å². The average molecular weight is 403 g/mol. The van der Waals surface area contributed by atoms with Gasteiger partial charge in [-0.1, -0.05) is 26.0 Å². The van der Waals surface area contributed by atoms with E-state index in [1.807, 2.05) is 18.5 Å². The molecule has 0 bridgehead atoms. The van der Waals surface area contributed by atoms with E-state index in [-0.39, 0.29) is 0 Å². The van der Waals surface area contributed by atoms with E-state index >= 15 is 0 Å². The van der Waals surface area contributed by atoms with E-state index in [2.05, 4.69) is 65.0 Å². The lowest BCUT2D eigenvalue weighted by Gasteiger charge is -2.24. The molecule has 1 aromatic carbocycles. The maximum absolute atomic E-state index is 4.80. The average Bonchev–Trinajstić information content (AvgIpc) is 3.00. The molecule has 0 N–H and O–H groups in total. The molecule has 0 unspecified atom stereocenters. The maximum atomic E-state index is 4.80. The van der Waals surface area contributed by atoms with Crippen LogP contribution in [-0.4, -0.2) is 54.9 Å². The lowest BCUT2D eigenvalue weighted by Crippen LogP contribution is -2.32. The zero-order chi connectivity index (χ0) is 20.8. The van der Waals surface area contributed by atoms with Crippen molar-refractivity contribution in [3.63, 3.8) is 0 Å². The minimum Gasteiger partial charge on any atom is -0.370 e. The molecule has 0 radical (unpaired) electrons. The number of pyridine rings is 1. The Morgan fingerprint density at radius 2 is 1.87 bits per heavy atom. The topological polar surface area (TPSA) is 31.7 Å². The van der Waals surface area contributed by atoms with Crippen LogP contribution in [0.15, 0.2) is 59.4 Å². The van der Waals surface area contributed by atoms with Crippen LogP contribution < -0.4 is 4.90 Å². The Morgan fingerprint density at radius 3 is 2.63 bits per heavy atom. The third-order valence-corrected chi connectivity index (χ3v) is 5.92. The van der Waals surface area contributed by atoms with Crippen LogP contribution >= 0.6 is 0 Å². The summed E-state index contributed by atoms with van der Waals surface area (Å²) in [7, 11) is 0. The van der Waals surface area contributed by atoms with Gasteiger partial charge in [-0.25, -0.2) is 0 Å². The summed E-state index contributed by atoms with van der Waals surface area (Å²) in [6, 6.07) is 13.2. The first-order chi connectivity index (χ1) is 14.7. The standard InChI is InChI=1S/C26H34N4/c1-21(2)20-29-14-5-15-30(17-16-29)25-10-8-22(9-11-25)18-23-6-4-13-28-26(23)24-7-3-12-27-19-24/h3,7-12,18-19,21H,4-6,13-17,20H2,1-2H3/b23-18+. The molecule has 3 heterocycles. The van der Waals surface area contributed by atoms with E-state index in [4.69, 9.17) is 4.99 Å². The lowest BCUT2D eigenvalue weighted by atomic mass is 9.95. The highest BCUT2D eigenvalue weighted by molar-refractivity contribution is 6.15. The molecule has 0 amide bonds. The molecule has 1 aromatic heterocycles. The van der Waals surface area contributed by atoms with Crippen LogP contribution in [-0.2, 0) is 0 Å². The van der Waals surface area contributed by atoms with Crippen LogP contribution in [0.25, 0.3) is 6.08 Å². The molecule has 2 aromatic rings. The van der Waals surface area contributed by atoms with Crippen molar-refractivity contribution in [1.82, 2.24) is 9.88 Å². The number of anilines is 1. The molecule has 0 saturated carbocycles. The number of nitrogens with zero attached hydrogens (tertiary/aromatic N) is 4. The summed E-state index contributed by atoms with van der Waals surface area (Å²) in [5, 5.41) is 0.